The standard InChI is InChI=1S/C27H31ClN4O4/c28-26-24-7-9-32(14-20(24)4-5-25(26)35-16-23-13-29-17-36-23)15-22(33)12-31-27(34)19-6-8-30-21(11-19)10-18-2-1-3-18/h4-6,8,11,13,17-18,22,33H,1-3,7,9-10,12,14-16H2,(H,31,34)/t22-/m0/s1. The van der Waals surface area contributed by atoms with E-state index in [9.17, 15) is 9.90 Å². The van der Waals surface area contributed by atoms with Crippen LogP contribution in [0.2, 0.25) is 5.02 Å². The molecule has 3 heterocycles. The molecule has 1 aliphatic heterocycles. The van der Waals surface area contributed by atoms with Crippen LogP contribution in [0.3, 0.4) is 0 Å². The van der Waals surface area contributed by atoms with E-state index < -0.39 is 6.10 Å². The molecule has 0 bridgehead atoms. The number of carbonyl (C=O) groups excluding carboxylic acids is 1. The van der Waals surface area contributed by atoms with E-state index in [0.29, 0.717) is 41.1 Å². The molecule has 5 rings (SSSR count). The smallest absolute Gasteiger partial charge is 0.251 e. The predicted octanol–water partition coefficient (Wildman–Crippen LogP) is 3.79. The van der Waals surface area contributed by atoms with Gasteiger partial charge in [0, 0.05) is 43.6 Å². The van der Waals surface area contributed by atoms with E-state index in [4.69, 9.17) is 20.8 Å². The maximum Gasteiger partial charge on any atom is 0.251 e. The van der Waals surface area contributed by atoms with Gasteiger partial charge in [-0.1, -0.05) is 36.9 Å². The summed E-state index contributed by atoms with van der Waals surface area (Å²) < 4.78 is 11.0. The van der Waals surface area contributed by atoms with Crippen molar-refractivity contribution in [1.82, 2.24) is 20.2 Å². The van der Waals surface area contributed by atoms with Gasteiger partial charge in [-0.15, -0.1) is 0 Å². The molecule has 2 aromatic heterocycles. The molecule has 0 unspecified atom stereocenters. The Morgan fingerprint density at radius 1 is 1.33 bits per heavy atom. The number of benzene rings is 1. The van der Waals surface area contributed by atoms with Gasteiger partial charge in [-0.25, -0.2) is 4.98 Å². The number of ether oxygens (including phenoxy) is 1. The first-order valence-electron chi connectivity index (χ1n) is 12.5. The number of nitrogens with zero attached hydrogens (tertiary/aromatic N) is 3. The van der Waals surface area contributed by atoms with Gasteiger partial charge < -0.3 is 19.6 Å². The van der Waals surface area contributed by atoms with Crippen molar-refractivity contribution in [2.24, 2.45) is 5.92 Å². The van der Waals surface area contributed by atoms with Crippen molar-refractivity contribution in [1.29, 1.82) is 0 Å². The Morgan fingerprint density at radius 3 is 3.00 bits per heavy atom. The van der Waals surface area contributed by atoms with Crippen LogP contribution in [0.25, 0.3) is 0 Å². The Labute approximate surface area is 215 Å². The average Bonchev–Trinajstić information content (AvgIpc) is 3.38. The lowest BCUT2D eigenvalue weighted by atomic mass is 9.82. The molecule has 0 spiro atoms. The fourth-order valence-electron chi connectivity index (χ4n) is 4.78. The van der Waals surface area contributed by atoms with Crippen molar-refractivity contribution in [3.63, 3.8) is 0 Å². The zero-order valence-corrected chi connectivity index (χ0v) is 20.9. The number of hydrogen-bond donors (Lipinski definition) is 2. The van der Waals surface area contributed by atoms with E-state index >= 15 is 0 Å². The second-order valence-corrected chi connectivity index (χ2v) is 10.0. The van der Waals surface area contributed by atoms with Gasteiger partial charge in [0.05, 0.1) is 17.3 Å². The SMILES string of the molecule is O=C(NC[C@H](O)CN1CCc2c(ccc(OCc3cnco3)c2Cl)C1)c1ccnc(CC2CCC2)c1. The van der Waals surface area contributed by atoms with Crippen LogP contribution in [0.5, 0.6) is 5.75 Å². The van der Waals surface area contributed by atoms with Crippen LogP contribution in [0.4, 0.5) is 0 Å². The first-order chi connectivity index (χ1) is 17.5. The highest BCUT2D eigenvalue weighted by Crippen LogP contribution is 2.34. The number of carbonyl (C=O) groups is 1. The van der Waals surface area contributed by atoms with Gasteiger partial charge >= 0.3 is 0 Å². The van der Waals surface area contributed by atoms with E-state index in [0.717, 1.165) is 36.2 Å². The van der Waals surface area contributed by atoms with E-state index in [-0.39, 0.29) is 19.1 Å². The minimum Gasteiger partial charge on any atom is -0.484 e. The summed E-state index contributed by atoms with van der Waals surface area (Å²) in [7, 11) is 0. The third-order valence-corrected chi connectivity index (χ3v) is 7.41. The summed E-state index contributed by atoms with van der Waals surface area (Å²) >= 11 is 6.62. The minimum atomic E-state index is -0.674. The number of aliphatic hydroxyl groups excluding tert-OH is 1. The molecule has 1 amide bonds. The van der Waals surface area contributed by atoms with Gasteiger partial charge in [0.2, 0.25) is 0 Å². The van der Waals surface area contributed by atoms with Crippen LogP contribution >= 0.6 is 11.6 Å². The maximum absolute atomic E-state index is 12.6. The normalized spacial score (nSPS) is 16.7. The summed E-state index contributed by atoms with van der Waals surface area (Å²) in [5.41, 5.74) is 3.74. The zero-order valence-electron chi connectivity index (χ0n) is 20.2. The number of hydrogen-bond acceptors (Lipinski definition) is 7. The van der Waals surface area contributed by atoms with Gasteiger partial charge in [0.1, 0.15) is 12.4 Å². The number of β-amino-alcohol motifs (C(OH)–C–C–N with tert-alkyl or cyclic N) is 1. The van der Waals surface area contributed by atoms with Gasteiger partial charge in [-0.2, -0.15) is 0 Å². The van der Waals surface area contributed by atoms with Crippen LogP contribution in [0.15, 0.2) is 47.5 Å². The highest BCUT2D eigenvalue weighted by molar-refractivity contribution is 6.33. The van der Waals surface area contributed by atoms with E-state index in [1.54, 1.807) is 18.5 Å². The second-order valence-electron chi connectivity index (χ2n) is 9.66. The minimum absolute atomic E-state index is 0.181. The molecule has 3 aromatic rings. The van der Waals surface area contributed by atoms with Crippen molar-refractivity contribution in [3.05, 3.63) is 76.2 Å². The monoisotopic (exact) mass is 510 g/mol. The maximum atomic E-state index is 12.6. The van der Waals surface area contributed by atoms with Gasteiger partial charge in [0.15, 0.2) is 12.2 Å². The molecule has 1 aromatic carbocycles. The molecule has 1 saturated carbocycles. The highest BCUT2D eigenvalue weighted by atomic mass is 35.5. The van der Waals surface area contributed by atoms with Gasteiger partial charge in [-0.3, -0.25) is 14.7 Å². The summed E-state index contributed by atoms with van der Waals surface area (Å²) in [6.45, 7) is 2.36. The number of fused-ring (bicyclic) bond motifs is 1. The van der Waals surface area contributed by atoms with Crippen LogP contribution in [0, 0.1) is 5.92 Å². The number of pyridine rings is 1. The van der Waals surface area contributed by atoms with Gasteiger partial charge in [-0.05, 0) is 48.1 Å². The molecule has 8 nitrogen and oxygen atoms in total. The fraction of sp³-hybridized carbons (Fsp3) is 0.444. The third-order valence-electron chi connectivity index (χ3n) is 7.00. The van der Waals surface area contributed by atoms with E-state index in [1.165, 1.54) is 25.7 Å². The molecule has 2 aliphatic rings. The summed E-state index contributed by atoms with van der Waals surface area (Å²) in [6, 6.07) is 7.48. The lowest BCUT2D eigenvalue weighted by Gasteiger charge is -2.31. The molecule has 2 N–H and O–H groups in total. The molecular weight excluding hydrogens is 480 g/mol. The number of halogens is 1. The zero-order chi connectivity index (χ0) is 24.9. The lowest BCUT2D eigenvalue weighted by Crippen LogP contribution is -2.42. The summed E-state index contributed by atoms with van der Waals surface area (Å²) in [6.07, 6.45) is 9.47. The quantitative estimate of drug-likeness (QED) is 0.428. The molecular formula is C27H31ClN4O4. The van der Waals surface area contributed by atoms with Crippen molar-refractivity contribution in [2.75, 3.05) is 19.6 Å². The van der Waals surface area contributed by atoms with Gasteiger partial charge in [0.25, 0.3) is 5.91 Å². The predicted molar refractivity (Wildman–Crippen MR) is 135 cm³/mol. The second kappa shape index (κ2) is 11.4. The summed E-state index contributed by atoms with van der Waals surface area (Å²) in [5.74, 6) is 1.77. The number of rotatable bonds is 10. The Bertz CT molecular complexity index is 1180. The molecule has 0 saturated heterocycles. The molecule has 1 aliphatic carbocycles. The molecule has 1 fully saturated rings. The molecule has 190 valence electrons. The fourth-order valence-corrected chi connectivity index (χ4v) is 5.11. The topological polar surface area (TPSA) is 101 Å². The summed E-state index contributed by atoms with van der Waals surface area (Å²) in [4.78, 5) is 23.1. The highest BCUT2D eigenvalue weighted by Gasteiger charge is 2.23. The van der Waals surface area contributed by atoms with Crippen LogP contribution in [0.1, 0.15) is 52.2 Å². The Morgan fingerprint density at radius 2 is 2.22 bits per heavy atom. The number of nitrogens with one attached hydrogen (secondary N) is 1. The third kappa shape index (κ3) is 6.06. The molecule has 9 heteroatoms. The van der Waals surface area contributed by atoms with Crippen LogP contribution < -0.4 is 10.1 Å². The molecule has 0 radical (unpaired) electrons. The van der Waals surface area contributed by atoms with Crippen LogP contribution in [-0.4, -0.2) is 51.6 Å². The van der Waals surface area contributed by atoms with E-state index in [2.05, 4.69) is 20.2 Å². The van der Waals surface area contributed by atoms with Crippen molar-refractivity contribution >= 4 is 17.5 Å². The number of aliphatic hydroxyl groups is 1. The number of oxazole rings is 1. The molecule has 36 heavy (non-hydrogen) atoms. The average molecular weight is 511 g/mol. The first-order valence-corrected chi connectivity index (χ1v) is 12.9. The van der Waals surface area contributed by atoms with E-state index in [1.807, 2.05) is 18.2 Å². The summed E-state index contributed by atoms with van der Waals surface area (Å²) in [5, 5.41) is 14.1. The largest absolute Gasteiger partial charge is 0.484 e. The molecule has 1 atom stereocenters. The van der Waals surface area contributed by atoms with Crippen molar-refractivity contribution in [2.45, 2.75) is 51.4 Å². The lowest BCUT2D eigenvalue weighted by molar-refractivity contribution is 0.0841. The Kier molecular flexibility index (Phi) is 7.84. The Balaban J connectivity index is 1.10. The van der Waals surface area contributed by atoms with Crippen molar-refractivity contribution < 1.29 is 19.1 Å². The first kappa shape index (κ1) is 24.7. The number of aromatic nitrogens is 2. The Hall–Kier alpha value is -2.94. The number of amides is 1. The van der Waals surface area contributed by atoms with Crippen LogP contribution in [-0.2, 0) is 26.0 Å². The van der Waals surface area contributed by atoms with Crippen molar-refractivity contribution in [3.8, 4) is 5.75 Å².